The zero-order valence-electron chi connectivity index (χ0n) is 17.2. The third-order valence-electron chi connectivity index (χ3n) is 4.68. The number of rotatable bonds is 6. The summed E-state index contributed by atoms with van der Waals surface area (Å²) in [6.07, 6.45) is 0.646. The van der Waals surface area contributed by atoms with E-state index in [1.807, 2.05) is 18.4 Å². The van der Waals surface area contributed by atoms with Crippen LogP contribution in [0.15, 0.2) is 76.9 Å². The molecular formula is C24H20N4O3S. The van der Waals surface area contributed by atoms with Crippen LogP contribution < -0.4 is 16.2 Å². The van der Waals surface area contributed by atoms with E-state index < -0.39 is 0 Å². The largest absolute Gasteiger partial charge is 0.322 e. The Labute approximate surface area is 188 Å². The number of aromatic nitrogens is 2. The molecule has 2 heterocycles. The highest BCUT2D eigenvalue weighted by molar-refractivity contribution is 7.12. The number of thiophene rings is 1. The van der Waals surface area contributed by atoms with Crippen LogP contribution in [0.2, 0.25) is 0 Å². The second-order valence-electron chi connectivity index (χ2n) is 6.99. The lowest BCUT2D eigenvalue weighted by Gasteiger charge is -2.09. The van der Waals surface area contributed by atoms with E-state index in [1.165, 1.54) is 17.4 Å². The third kappa shape index (κ3) is 4.98. The van der Waals surface area contributed by atoms with Crippen molar-refractivity contribution >= 4 is 34.5 Å². The Morgan fingerprint density at radius 1 is 0.938 bits per heavy atom. The first-order valence-electron chi connectivity index (χ1n) is 9.99. The summed E-state index contributed by atoms with van der Waals surface area (Å²) in [5.74, 6) is -0.0945. The lowest BCUT2D eigenvalue weighted by molar-refractivity contribution is 0.101. The van der Waals surface area contributed by atoms with Crippen LogP contribution in [0.5, 0.6) is 0 Å². The van der Waals surface area contributed by atoms with Crippen LogP contribution in [0, 0.1) is 0 Å². The molecule has 0 aliphatic rings. The van der Waals surface area contributed by atoms with Gasteiger partial charge < -0.3 is 15.6 Å². The predicted octanol–water partition coefficient (Wildman–Crippen LogP) is 4.57. The van der Waals surface area contributed by atoms with Gasteiger partial charge in [-0.25, -0.2) is 4.98 Å². The van der Waals surface area contributed by atoms with Gasteiger partial charge in [0.1, 0.15) is 5.82 Å². The molecule has 2 aromatic heterocycles. The number of benzene rings is 2. The van der Waals surface area contributed by atoms with E-state index in [9.17, 15) is 14.4 Å². The first kappa shape index (κ1) is 21.2. The normalized spacial score (nSPS) is 10.5. The van der Waals surface area contributed by atoms with Crippen molar-refractivity contribution in [2.24, 2.45) is 0 Å². The number of anilines is 2. The molecule has 0 atom stereocenters. The van der Waals surface area contributed by atoms with Crippen LogP contribution in [0.4, 0.5) is 11.4 Å². The minimum absolute atomic E-state index is 0.220. The van der Waals surface area contributed by atoms with Crippen molar-refractivity contribution in [3.63, 3.8) is 0 Å². The van der Waals surface area contributed by atoms with E-state index in [4.69, 9.17) is 0 Å². The molecule has 0 unspecified atom stereocenters. The molecule has 2 amide bonds. The highest BCUT2D eigenvalue weighted by atomic mass is 32.1. The third-order valence-corrected chi connectivity index (χ3v) is 5.55. The van der Waals surface area contributed by atoms with Crippen molar-refractivity contribution in [3.05, 3.63) is 98.6 Å². The average molecular weight is 445 g/mol. The molecule has 7 nitrogen and oxygen atoms in total. The Balaban J connectivity index is 1.51. The summed E-state index contributed by atoms with van der Waals surface area (Å²) in [5, 5.41) is 7.48. The average Bonchev–Trinajstić information content (AvgIpc) is 3.34. The number of hydrogen-bond donors (Lipinski definition) is 3. The topological polar surface area (TPSA) is 104 Å². The van der Waals surface area contributed by atoms with Gasteiger partial charge in [-0.2, -0.15) is 0 Å². The van der Waals surface area contributed by atoms with E-state index in [1.54, 1.807) is 54.6 Å². The van der Waals surface area contributed by atoms with E-state index in [0.717, 1.165) is 0 Å². The number of nitrogens with zero attached hydrogens (tertiary/aromatic N) is 1. The first-order valence-corrected chi connectivity index (χ1v) is 10.9. The van der Waals surface area contributed by atoms with Crippen LogP contribution in [0.3, 0.4) is 0 Å². The minimum atomic E-state index is -0.321. The van der Waals surface area contributed by atoms with Gasteiger partial charge in [0.25, 0.3) is 17.4 Å². The molecule has 0 aliphatic carbocycles. The predicted molar refractivity (Wildman–Crippen MR) is 126 cm³/mol. The van der Waals surface area contributed by atoms with Gasteiger partial charge in [-0.1, -0.05) is 31.2 Å². The minimum Gasteiger partial charge on any atom is -0.322 e. The van der Waals surface area contributed by atoms with Crippen LogP contribution >= 0.6 is 11.3 Å². The maximum atomic E-state index is 12.8. The van der Waals surface area contributed by atoms with Crippen LogP contribution in [0.25, 0.3) is 11.4 Å². The maximum Gasteiger partial charge on any atom is 0.265 e. The summed E-state index contributed by atoms with van der Waals surface area (Å²) in [5.41, 5.74) is 2.65. The quantitative estimate of drug-likeness (QED) is 0.405. The van der Waals surface area contributed by atoms with Gasteiger partial charge in [0, 0.05) is 34.3 Å². The second-order valence-corrected chi connectivity index (χ2v) is 7.93. The molecule has 0 spiro atoms. The fraction of sp³-hybridized carbons (Fsp3) is 0.0833. The van der Waals surface area contributed by atoms with Crippen LogP contribution in [-0.4, -0.2) is 21.8 Å². The second kappa shape index (κ2) is 9.40. The number of nitrogens with one attached hydrogen (secondary N) is 3. The van der Waals surface area contributed by atoms with Gasteiger partial charge >= 0.3 is 0 Å². The molecule has 0 fully saturated rings. The first-order chi connectivity index (χ1) is 15.5. The maximum absolute atomic E-state index is 12.8. The fourth-order valence-corrected chi connectivity index (χ4v) is 3.73. The van der Waals surface area contributed by atoms with E-state index in [2.05, 4.69) is 20.6 Å². The number of amides is 2. The van der Waals surface area contributed by atoms with Gasteiger partial charge in [0.2, 0.25) is 0 Å². The van der Waals surface area contributed by atoms with Crippen LogP contribution in [0.1, 0.15) is 32.6 Å². The highest BCUT2D eigenvalue weighted by Gasteiger charge is 2.11. The molecule has 4 rings (SSSR count). The Morgan fingerprint density at radius 3 is 2.44 bits per heavy atom. The lowest BCUT2D eigenvalue weighted by atomic mass is 10.1. The van der Waals surface area contributed by atoms with Crippen molar-refractivity contribution in [1.29, 1.82) is 0 Å². The number of carbonyl (C=O) groups excluding carboxylic acids is 2. The van der Waals surface area contributed by atoms with Gasteiger partial charge in [-0.3, -0.25) is 14.4 Å². The van der Waals surface area contributed by atoms with Gasteiger partial charge in [0.15, 0.2) is 0 Å². The van der Waals surface area contributed by atoms with Crippen molar-refractivity contribution in [2.75, 3.05) is 10.6 Å². The molecule has 2 aromatic carbocycles. The molecule has 0 saturated carbocycles. The zero-order valence-corrected chi connectivity index (χ0v) is 18.0. The summed E-state index contributed by atoms with van der Waals surface area (Å²) in [7, 11) is 0. The molecule has 3 N–H and O–H groups in total. The summed E-state index contributed by atoms with van der Waals surface area (Å²) in [6.45, 7) is 1.93. The van der Waals surface area contributed by atoms with Crippen molar-refractivity contribution < 1.29 is 9.59 Å². The van der Waals surface area contributed by atoms with E-state index >= 15 is 0 Å². The Bertz CT molecular complexity index is 1330. The number of hydrogen-bond acceptors (Lipinski definition) is 5. The Morgan fingerprint density at radius 2 is 1.69 bits per heavy atom. The smallest absolute Gasteiger partial charge is 0.265 e. The lowest BCUT2D eigenvalue weighted by Crippen LogP contribution is -2.14. The molecular weight excluding hydrogens is 424 g/mol. The number of aromatic amines is 1. The molecule has 32 heavy (non-hydrogen) atoms. The summed E-state index contributed by atoms with van der Waals surface area (Å²) < 4.78 is 0. The molecule has 4 aromatic rings. The van der Waals surface area contributed by atoms with Gasteiger partial charge in [-0.05, 0) is 48.2 Å². The monoisotopic (exact) mass is 444 g/mol. The van der Waals surface area contributed by atoms with E-state index in [0.29, 0.717) is 45.3 Å². The fourth-order valence-electron chi connectivity index (χ4n) is 3.11. The number of aryl methyl sites for hydroxylation is 1. The summed E-state index contributed by atoms with van der Waals surface area (Å²) >= 11 is 1.35. The molecule has 0 aliphatic heterocycles. The molecule has 0 bridgehead atoms. The number of carbonyl (C=O) groups is 2. The molecule has 160 valence electrons. The van der Waals surface area contributed by atoms with Gasteiger partial charge in [-0.15, -0.1) is 11.3 Å². The van der Waals surface area contributed by atoms with Crippen molar-refractivity contribution in [1.82, 2.24) is 9.97 Å². The molecule has 8 heteroatoms. The highest BCUT2D eigenvalue weighted by Crippen LogP contribution is 2.21. The zero-order chi connectivity index (χ0) is 22.5. The molecule has 0 radical (unpaired) electrons. The summed E-state index contributed by atoms with van der Waals surface area (Å²) in [4.78, 5) is 44.7. The van der Waals surface area contributed by atoms with Crippen LogP contribution in [-0.2, 0) is 6.42 Å². The van der Waals surface area contributed by atoms with Crippen molar-refractivity contribution in [3.8, 4) is 11.4 Å². The molecule has 0 saturated heterocycles. The van der Waals surface area contributed by atoms with Gasteiger partial charge in [0.05, 0.1) is 4.88 Å². The van der Waals surface area contributed by atoms with Crippen molar-refractivity contribution in [2.45, 2.75) is 13.3 Å². The Kier molecular flexibility index (Phi) is 6.23. The van der Waals surface area contributed by atoms with E-state index in [-0.39, 0.29) is 17.4 Å². The summed E-state index contributed by atoms with van der Waals surface area (Å²) in [6, 6.07) is 18.8. The standard InChI is InChI=1S/C24H20N4O3S/c1-2-17-14-21(29)28-22(25-17)15-6-3-8-18(12-15)26-23(30)16-7-4-9-19(13-16)27-24(31)20-10-5-11-32-20/h3-14H,2H2,1H3,(H,26,30)(H,27,31)(H,25,28,29). The number of H-pyrrole nitrogens is 1. The Hall–Kier alpha value is -4.04. The SMILES string of the molecule is CCc1cc(=O)[nH]c(-c2cccc(NC(=O)c3cccc(NC(=O)c4cccs4)c3)c2)n1.